The Morgan fingerprint density at radius 3 is 2.71 bits per heavy atom. The first-order valence-corrected chi connectivity index (χ1v) is 4.28. The van der Waals surface area contributed by atoms with Gasteiger partial charge in [-0.2, -0.15) is 0 Å². The molecular formula is C8H9F2N3S. The molecule has 0 aliphatic carbocycles. The van der Waals surface area contributed by atoms with Crippen LogP contribution in [0.2, 0.25) is 0 Å². The van der Waals surface area contributed by atoms with Gasteiger partial charge in [0.15, 0.2) is 0 Å². The Balaban J connectivity index is 2.60. The first kappa shape index (κ1) is 10.8. The maximum absolute atomic E-state index is 11.8. The molecule has 14 heavy (non-hydrogen) atoms. The van der Waals surface area contributed by atoms with Crippen LogP contribution in [-0.2, 0) is 0 Å². The third-order valence-corrected chi connectivity index (χ3v) is 1.69. The molecule has 3 nitrogen and oxygen atoms in total. The Labute approximate surface area is 85.3 Å². The van der Waals surface area contributed by atoms with Crippen molar-refractivity contribution >= 4 is 22.9 Å². The number of nitrogens with two attached hydrogens (primary N) is 1. The predicted octanol–water partition coefficient (Wildman–Crippen LogP) is 1.39. The minimum absolute atomic E-state index is 0.186. The lowest BCUT2D eigenvalue weighted by Gasteiger charge is -2.05. The van der Waals surface area contributed by atoms with E-state index in [0.29, 0.717) is 11.4 Å². The SMILES string of the molecule is NC(=S)c1ccc(NCC(F)F)cn1. The molecule has 0 bridgehead atoms. The van der Waals surface area contributed by atoms with E-state index < -0.39 is 13.0 Å². The molecule has 3 N–H and O–H groups in total. The number of halogens is 2. The van der Waals surface area contributed by atoms with Crippen molar-refractivity contribution in [1.29, 1.82) is 0 Å². The fourth-order valence-corrected chi connectivity index (χ4v) is 0.960. The molecule has 6 heteroatoms. The highest BCUT2D eigenvalue weighted by atomic mass is 32.1. The Bertz CT molecular complexity index is 313. The van der Waals surface area contributed by atoms with Crippen molar-refractivity contribution in [2.45, 2.75) is 6.43 Å². The summed E-state index contributed by atoms with van der Waals surface area (Å²) >= 11 is 4.69. The monoisotopic (exact) mass is 217 g/mol. The number of hydrogen-bond acceptors (Lipinski definition) is 3. The van der Waals surface area contributed by atoms with Gasteiger partial charge in [-0.1, -0.05) is 12.2 Å². The Morgan fingerprint density at radius 1 is 1.57 bits per heavy atom. The summed E-state index contributed by atoms with van der Waals surface area (Å²) in [7, 11) is 0. The zero-order chi connectivity index (χ0) is 10.6. The van der Waals surface area contributed by atoms with E-state index in [0.717, 1.165) is 0 Å². The lowest BCUT2D eigenvalue weighted by Crippen LogP contribution is -2.13. The van der Waals surface area contributed by atoms with Gasteiger partial charge < -0.3 is 11.1 Å². The summed E-state index contributed by atoms with van der Waals surface area (Å²) in [4.78, 5) is 4.07. The summed E-state index contributed by atoms with van der Waals surface area (Å²) in [6.07, 6.45) is -0.970. The molecule has 0 aliphatic heterocycles. The standard InChI is InChI=1S/C8H9F2N3S/c9-7(10)4-12-5-1-2-6(8(11)14)13-3-5/h1-3,7,12H,4H2,(H2,11,14). The van der Waals surface area contributed by atoms with Gasteiger partial charge in [0.05, 0.1) is 24.1 Å². The highest BCUT2D eigenvalue weighted by Gasteiger charge is 2.02. The van der Waals surface area contributed by atoms with E-state index in [4.69, 9.17) is 5.73 Å². The normalized spacial score (nSPS) is 10.2. The molecule has 1 rings (SSSR count). The highest BCUT2D eigenvalue weighted by Crippen LogP contribution is 2.06. The van der Waals surface area contributed by atoms with Gasteiger partial charge in [0.25, 0.3) is 6.43 Å². The second kappa shape index (κ2) is 4.80. The van der Waals surface area contributed by atoms with Crippen LogP contribution in [0.25, 0.3) is 0 Å². The fourth-order valence-electron chi connectivity index (χ4n) is 0.839. The largest absolute Gasteiger partial charge is 0.388 e. The second-order valence-corrected chi connectivity index (χ2v) is 3.01. The van der Waals surface area contributed by atoms with Crippen LogP contribution >= 0.6 is 12.2 Å². The molecule has 0 spiro atoms. The van der Waals surface area contributed by atoms with Gasteiger partial charge in [0, 0.05) is 0 Å². The minimum atomic E-state index is -2.38. The number of rotatable bonds is 4. The number of thiocarbonyl (C=S) groups is 1. The van der Waals surface area contributed by atoms with Crippen LogP contribution in [0, 0.1) is 0 Å². The topological polar surface area (TPSA) is 50.9 Å². The Morgan fingerprint density at radius 2 is 2.29 bits per heavy atom. The van der Waals surface area contributed by atoms with Crippen LogP contribution in [0.15, 0.2) is 18.3 Å². The van der Waals surface area contributed by atoms with Crippen molar-refractivity contribution in [1.82, 2.24) is 4.98 Å². The van der Waals surface area contributed by atoms with Gasteiger partial charge in [0.1, 0.15) is 4.99 Å². The van der Waals surface area contributed by atoms with E-state index in [2.05, 4.69) is 22.5 Å². The third kappa shape index (κ3) is 3.21. The molecule has 0 aliphatic rings. The summed E-state index contributed by atoms with van der Waals surface area (Å²) in [5, 5.41) is 2.51. The average molecular weight is 217 g/mol. The molecule has 0 saturated carbocycles. The van der Waals surface area contributed by atoms with Crippen LogP contribution in [0.4, 0.5) is 14.5 Å². The number of hydrogen-bond donors (Lipinski definition) is 2. The van der Waals surface area contributed by atoms with Crippen molar-refractivity contribution in [3.05, 3.63) is 24.0 Å². The maximum atomic E-state index is 11.8. The lowest BCUT2D eigenvalue weighted by molar-refractivity contribution is 0.163. The predicted molar refractivity (Wildman–Crippen MR) is 54.6 cm³/mol. The number of anilines is 1. The molecule has 1 heterocycles. The smallest absolute Gasteiger partial charge is 0.255 e. The van der Waals surface area contributed by atoms with Crippen LogP contribution < -0.4 is 11.1 Å². The number of alkyl halides is 2. The van der Waals surface area contributed by atoms with Crippen LogP contribution in [-0.4, -0.2) is 22.9 Å². The van der Waals surface area contributed by atoms with Gasteiger partial charge in [-0.05, 0) is 12.1 Å². The van der Waals surface area contributed by atoms with Gasteiger partial charge in [-0.25, -0.2) is 8.78 Å². The summed E-state index contributed by atoms with van der Waals surface area (Å²) in [5.74, 6) is 0. The number of aromatic nitrogens is 1. The molecule has 0 atom stereocenters. The van der Waals surface area contributed by atoms with Crippen LogP contribution in [0.1, 0.15) is 5.69 Å². The van der Waals surface area contributed by atoms with Crippen molar-refractivity contribution < 1.29 is 8.78 Å². The van der Waals surface area contributed by atoms with Gasteiger partial charge in [-0.3, -0.25) is 4.98 Å². The summed E-state index contributed by atoms with van der Waals surface area (Å²) < 4.78 is 23.6. The zero-order valence-electron chi connectivity index (χ0n) is 7.21. The first-order chi connectivity index (χ1) is 6.59. The highest BCUT2D eigenvalue weighted by molar-refractivity contribution is 7.80. The van der Waals surface area contributed by atoms with E-state index in [1.807, 2.05) is 0 Å². The van der Waals surface area contributed by atoms with Crippen molar-refractivity contribution in [2.75, 3.05) is 11.9 Å². The molecule has 0 fully saturated rings. The molecule has 1 aromatic heterocycles. The fraction of sp³-hybridized carbons (Fsp3) is 0.250. The summed E-state index contributed by atoms with van der Waals surface area (Å²) in [6, 6.07) is 3.18. The molecule has 0 saturated heterocycles. The van der Waals surface area contributed by atoms with Crippen molar-refractivity contribution in [3.63, 3.8) is 0 Å². The quantitative estimate of drug-likeness (QED) is 0.748. The van der Waals surface area contributed by atoms with E-state index in [9.17, 15) is 8.78 Å². The van der Waals surface area contributed by atoms with E-state index in [1.54, 1.807) is 12.1 Å². The average Bonchev–Trinajstić information content (AvgIpc) is 2.15. The zero-order valence-corrected chi connectivity index (χ0v) is 8.02. The summed E-state index contributed by atoms with van der Waals surface area (Å²) in [5.41, 5.74) is 6.31. The molecule has 0 radical (unpaired) electrons. The first-order valence-electron chi connectivity index (χ1n) is 3.87. The van der Waals surface area contributed by atoms with Gasteiger partial charge >= 0.3 is 0 Å². The Kier molecular flexibility index (Phi) is 3.70. The molecule has 0 unspecified atom stereocenters. The third-order valence-electron chi connectivity index (χ3n) is 1.48. The molecule has 0 amide bonds. The molecular weight excluding hydrogens is 208 g/mol. The molecule has 1 aromatic rings. The van der Waals surface area contributed by atoms with E-state index in [1.165, 1.54) is 6.20 Å². The number of pyridine rings is 1. The minimum Gasteiger partial charge on any atom is -0.388 e. The number of nitrogens with one attached hydrogen (secondary N) is 1. The summed E-state index contributed by atoms with van der Waals surface area (Å²) in [6.45, 7) is -0.395. The van der Waals surface area contributed by atoms with Crippen LogP contribution in [0.5, 0.6) is 0 Å². The second-order valence-electron chi connectivity index (χ2n) is 2.57. The van der Waals surface area contributed by atoms with Gasteiger partial charge in [-0.15, -0.1) is 0 Å². The van der Waals surface area contributed by atoms with Crippen LogP contribution in [0.3, 0.4) is 0 Å². The molecule has 0 aromatic carbocycles. The number of nitrogens with zero attached hydrogens (tertiary/aromatic N) is 1. The molecule has 76 valence electrons. The van der Waals surface area contributed by atoms with Gasteiger partial charge in [0.2, 0.25) is 0 Å². The lowest BCUT2D eigenvalue weighted by atomic mass is 10.3. The Hall–Kier alpha value is -1.30. The van der Waals surface area contributed by atoms with E-state index in [-0.39, 0.29) is 4.99 Å². The van der Waals surface area contributed by atoms with E-state index >= 15 is 0 Å². The maximum Gasteiger partial charge on any atom is 0.255 e. The van der Waals surface area contributed by atoms with Crippen molar-refractivity contribution in [2.24, 2.45) is 5.73 Å². The van der Waals surface area contributed by atoms with Crippen molar-refractivity contribution in [3.8, 4) is 0 Å².